The Labute approximate surface area is 135 Å². The third-order valence-electron chi connectivity index (χ3n) is 4.19. The van der Waals surface area contributed by atoms with Crippen molar-refractivity contribution in [2.45, 2.75) is 64.5 Å². The minimum absolute atomic E-state index is 0.0783. The second-order valence-corrected chi connectivity index (χ2v) is 7.00. The molecule has 1 aliphatic heterocycles. The van der Waals surface area contributed by atoms with Crippen LogP contribution in [0.5, 0.6) is 0 Å². The SMILES string of the molecule is CCCCc1nnc(NC(=O)CN2C(C)CCCC2CO)s1. The summed E-state index contributed by atoms with van der Waals surface area (Å²) < 4.78 is 0. The van der Waals surface area contributed by atoms with Crippen LogP contribution in [0.1, 0.15) is 51.0 Å². The van der Waals surface area contributed by atoms with Crippen LogP contribution in [0.2, 0.25) is 0 Å². The largest absolute Gasteiger partial charge is 0.395 e. The lowest BCUT2D eigenvalue weighted by Gasteiger charge is -2.39. The number of carbonyl (C=O) groups excluding carboxylic acids is 1. The molecule has 22 heavy (non-hydrogen) atoms. The Bertz CT molecular complexity index is 480. The second-order valence-electron chi connectivity index (χ2n) is 5.94. The fourth-order valence-electron chi connectivity index (χ4n) is 2.88. The molecule has 124 valence electrons. The molecule has 1 saturated heterocycles. The number of piperidine rings is 1. The van der Waals surface area contributed by atoms with Gasteiger partial charge in [0.1, 0.15) is 5.01 Å². The Kier molecular flexibility index (Phi) is 6.72. The van der Waals surface area contributed by atoms with E-state index in [1.807, 2.05) is 0 Å². The third-order valence-corrected chi connectivity index (χ3v) is 5.09. The standard InChI is InChI=1S/C15H26N4O2S/c1-3-4-8-14-17-18-15(22-14)16-13(21)9-19-11(2)6-5-7-12(19)10-20/h11-12,20H,3-10H2,1-2H3,(H,16,18,21). The van der Waals surface area contributed by atoms with Gasteiger partial charge in [0.15, 0.2) is 0 Å². The van der Waals surface area contributed by atoms with Crippen LogP contribution in [0.25, 0.3) is 0 Å². The second kappa shape index (κ2) is 8.55. The van der Waals surface area contributed by atoms with Crippen molar-refractivity contribution in [3.8, 4) is 0 Å². The van der Waals surface area contributed by atoms with Gasteiger partial charge in [-0.05, 0) is 26.2 Å². The molecular weight excluding hydrogens is 300 g/mol. The van der Waals surface area contributed by atoms with Gasteiger partial charge < -0.3 is 5.11 Å². The molecular formula is C15H26N4O2S. The number of likely N-dealkylation sites (tertiary alicyclic amines) is 1. The van der Waals surface area contributed by atoms with Gasteiger partial charge in [0.2, 0.25) is 11.0 Å². The van der Waals surface area contributed by atoms with Crippen molar-refractivity contribution >= 4 is 22.4 Å². The molecule has 1 aromatic heterocycles. The number of aryl methyl sites for hydroxylation is 1. The summed E-state index contributed by atoms with van der Waals surface area (Å²) in [5.74, 6) is -0.0783. The highest BCUT2D eigenvalue weighted by atomic mass is 32.1. The van der Waals surface area contributed by atoms with Crippen LogP contribution in [0.4, 0.5) is 5.13 Å². The average molecular weight is 326 g/mol. The maximum Gasteiger partial charge on any atom is 0.240 e. The summed E-state index contributed by atoms with van der Waals surface area (Å²) in [6.45, 7) is 4.66. The van der Waals surface area contributed by atoms with Crippen molar-refractivity contribution in [1.82, 2.24) is 15.1 Å². The number of aliphatic hydroxyl groups excluding tert-OH is 1. The minimum atomic E-state index is -0.0783. The molecule has 1 amide bonds. The summed E-state index contributed by atoms with van der Waals surface area (Å²) in [6, 6.07) is 0.412. The quantitative estimate of drug-likeness (QED) is 0.802. The lowest BCUT2D eigenvalue weighted by molar-refractivity contribution is -0.119. The molecule has 2 heterocycles. The van der Waals surface area contributed by atoms with Crippen LogP contribution in [-0.2, 0) is 11.2 Å². The Morgan fingerprint density at radius 3 is 3.00 bits per heavy atom. The molecule has 0 aliphatic carbocycles. The van der Waals surface area contributed by atoms with E-state index in [1.54, 1.807) is 0 Å². The lowest BCUT2D eigenvalue weighted by Crippen LogP contribution is -2.50. The highest BCUT2D eigenvalue weighted by Crippen LogP contribution is 2.23. The van der Waals surface area contributed by atoms with Gasteiger partial charge in [-0.1, -0.05) is 31.1 Å². The third kappa shape index (κ3) is 4.72. The van der Waals surface area contributed by atoms with E-state index in [9.17, 15) is 9.90 Å². The Morgan fingerprint density at radius 1 is 1.45 bits per heavy atom. The predicted molar refractivity (Wildman–Crippen MR) is 88.0 cm³/mol. The first kappa shape index (κ1) is 17.3. The molecule has 0 spiro atoms. The van der Waals surface area contributed by atoms with Gasteiger partial charge in [-0.2, -0.15) is 0 Å². The van der Waals surface area contributed by atoms with E-state index >= 15 is 0 Å². The highest BCUT2D eigenvalue weighted by molar-refractivity contribution is 7.15. The Morgan fingerprint density at radius 2 is 2.27 bits per heavy atom. The van der Waals surface area contributed by atoms with Crippen molar-refractivity contribution in [2.24, 2.45) is 0 Å². The number of nitrogens with zero attached hydrogens (tertiary/aromatic N) is 3. The molecule has 0 saturated carbocycles. The molecule has 2 N–H and O–H groups in total. The number of aromatic nitrogens is 2. The van der Waals surface area contributed by atoms with E-state index in [1.165, 1.54) is 11.3 Å². The zero-order valence-electron chi connectivity index (χ0n) is 13.4. The van der Waals surface area contributed by atoms with Crippen LogP contribution in [0, 0.1) is 0 Å². The summed E-state index contributed by atoms with van der Waals surface area (Å²) in [7, 11) is 0. The molecule has 0 radical (unpaired) electrons. The molecule has 0 aromatic carbocycles. The number of amides is 1. The molecule has 2 unspecified atom stereocenters. The van der Waals surface area contributed by atoms with Gasteiger partial charge in [-0.15, -0.1) is 10.2 Å². The predicted octanol–water partition coefficient (Wildman–Crippen LogP) is 2.05. The smallest absolute Gasteiger partial charge is 0.240 e. The number of hydrogen-bond acceptors (Lipinski definition) is 6. The van der Waals surface area contributed by atoms with Crippen LogP contribution < -0.4 is 5.32 Å². The lowest BCUT2D eigenvalue weighted by atomic mass is 9.97. The van der Waals surface area contributed by atoms with Crippen molar-refractivity contribution < 1.29 is 9.90 Å². The highest BCUT2D eigenvalue weighted by Gasteiger charge is 2.29. The maximum absolute atomic E-state index is 12.2. The van der Waals surface area contributed by atoms with E-state index in [0.29, 0.717) is 17.7 Å². The van der Waals surface area contributed by atoms with Crippen LogP contribution in [-0.4, -0.2) is 51.3 Å². The molecule has 1 aliphatic rings. The van der Waals surface area contributed by atoms with Gasteiger partial charge in [0.05, 0.1) is 13.2 Å². The van der Waals surface area contributed by atoms with Crippen molar-refractivity contribution in [3.05, 3.63) is 5.01 Å². The molecule has 1 fully saturated rings. The first-order valence-electron chi connectivity index (χ1n) is 8.12. The number of aliphatic hydroxyl groups is 1. The van der Waals surface area contributed by atoms with Crippen LogP contribution >= 0.6 is 11.3 Å². The Balaban J connectivity index is 1.87. The summed E-state index contributed by atoms with van der Waals surface area (Å²) in [5.41, 5.74) is 0. The minimum Gasteiger partial charge on any atom is -0.395 e. The number of carbonyl (C=O) groups is 1. The van der Waals surface area contributed by atoms with Crippen molar-refractivity contribution in [2.75, 3.05) is 18.5 Å². The molecule has 7 heteroatoms. The molecule has 0 bridgehead atoms. The van der Waals surface area contributed by atoms with E-state index in [0.717, 1.165) is 43.5 Å². The molecule has 1 aromatic rings. The normalized spacial score (nSPS) is 22.7. The summed E-state index contributed by atoms with van der Waals surface area (Å²) in [6.07, 6.45) is 6.27. The van der Waals surface area contributed by atoms with E-state index in [-0.39, 0.29) is 18.6 Å². The zero-order valence-corrected chi connectivity index (χ0v) is 14.2. The van der Waals surface area contributed by atoms with Crippen molar-refractivity contribution in [1.29, 1.82) is 0 Å². The van der Waals surface area contributed by atoms with E-state index in [4.69, 9.17) is 0 Å². The number of nitrogens with one attached hydrogen (secondary N) is 1. The summed E-state index contributed by atoms with van der Waals surface area (Å²) in [5, 5.41) is 22.0. The fourth-order valence-corrected chi connectivity index (χ4v) is 3.68. The van der Waals surface area contributed by atoms with Gasteiger partial charge in [-0.25, -0.2) is 0 Å². The number of hydrogen-bond donors (Lipinski definition) is 2. The summed E-state index contributed by atoms with van der Waals surface area (Å²) >= 11 is 1.45. The summed E-state index contributed by atoms with van der Waals surface area (Å²) in [4.78, 5) is 14.3. The molecule has 2 atom stereocenters. The van der Waals surface area contributed by atoms with Crippen LogP contribution in [0.15, 0.2) is 0 Å². The maximum atomic E-state index is 12.2. The van der Waals surface area contributed by atoms with Crippen molar-refractivity contribution in [3.63, 3.8) is 0 Å². The molecule has 2 rings (SSSR count). The average Bonchev–Trinajstić information content (AvgIpc) is 2.94. The number of rotatable bonds is 7. The van der Waals surface area contributed by atoms with E-state index < -0.39 is 0 Å². The fraction of sp³-hybridized carbons (Fsp3) is 0.800. The van der Waals surface area contributed by atoms with Gasteiger partial charge in [0, 0.05) is 18.5 Å². The number of unbranched alkanes of at least 4 members (excludes halogenated alkanes) is 1. The number of anilines is 1. The monoisotopic (exact) mass is 326 g/mol. The first-order chi connectivity index (χ1) is 10.6. The van der Waals surface area contributed by atoms with Gasteiger partial charge in [0.25, 0.3) is 0 Å². The van der Waals surface area contributed by atoms with Gasteiger partial charge in [-0.3, -0.25) is 15.0 Å². The van der Waals surface area contributed by atoms with Crippen LogP contribution in [0.3, 0.4) is 0 Å². The van der Waals surface area contributed by atoms with Gasteiger partial charge >= 0.3 is 0 Å². The first-order valence-corrected chi connectivity index (χ1v) is 8.94. The topological polar surface area (TPSA) is 78.4 Å². The Hall–Kier alpha value is -1.05. The zero-order chi connectivity index (χ0) is 15.9. The molecule has 6 nitrogen and oxygen atoms in total. The van der Waals surface area contributed by atoms with E-state index in [2.05, 4.69) is 34.3 Å².